The number of nitrogens with zero attached hydrogens (tertiary/aromatic N) is 2. The number of hydrogen-bond acceptors (Lipinski definition) is 3. The molecule has 0 aliphatic carbocycles. The van der Waals surface area contributed by atoms with E-state index in [4.69, 9.17) is 16.7 Å². The van der Waals surface area contributed by atoms with Crippen LogP contribution in [0.25, 0.3) is 11.3 Å². The topological polar surface area (TPSA) is 86.3 Å². The zero-order valence-corrected chi connectivity index (χ0v) is 13.0. The molecule has 0 bridgehead atoms. The molecule has 2 rings (SSSR count). The Balaban J connectivity index is 2.16. The number of aromatic amines is 1. The molecule has 1 amide bonds. The molecular formula is C15H16ClN3O3. The van der Waals surface area contributed by atoms with Gasteiger partial charge in [0.25, 0.3) is 5.91 Å². The number of carboxylic acids is 1. The van der Waals surface area contributed by atoms with E-state index in [1.54, 1.807) is 26.1 Å². The minimum Gasteiger partial charge on any atom is -0.481 e. The highest BCUT2D eigenvalue weighted by Crippen LogP contribution is 2.26. The first-order chi connectivity index (χ1) is 10.4. The molecule has 0 fully saturated rings. The van der Waals surface area contributed by atoms with Crippen molar-refractivity contribution in [2.24, 2.45) is 5.92 Å². The average molecular weight is 322 g/mol. The molecule has 0 saturated carbocycles. The predicted octanol–water partition coefficient (Wildman–Crippen LogP) is 2.52. The van der Waals surface area contributed by atoms with Crippen LogP contribution in [0.15, 0.2) is 30.3 Å². The van der Waals surface area contributed by atoms with Gasteiger partial charge in [-0.2, -0.15) is 5.10 Å². The molecule has 1 heterocycles. The summed E-state index contributed by atoms with van der Waals surface area (Å²) < 4.78 is 0. The molecule has 1 aromatic carbocycles. The molecule has 1 unspecified atom stereocenters. The fourth-order valence-electron chi connectivity index (χ4n) is 2.02. The molecule has 1 atom stereocenters. The molecule has 116 valence electrons. The molecule has 7 heteroatoms. The maximum Gasteiger partial charge on any atom is 0.308 e. The third kappa shape index (κ3) is 3.46. The molecular weight excluding hydrogens is 306 g/mol. The first-order valence-electron chi connectivity index (χ1n) is 6.68. The minimum atomic E-state index is -0.944. The van der Waals surface area contributed by atoms with Gasteiger partial charge >= 0.3 is 5.97 Å². The highest BCUT2D eigenvalue weighted by Gasteiger charge is 2.20. The van der Waals surface area contributed by atoms with Crippen LogP contribution in [0.4, 0.5) is 0 Å². The first kappa shape index (κ1) is 16.0. The Morgan fingerprint density at radius 1 is 1.41 bits per heavy atom. The van der Waals surface area contributed by atoms with Gasteiger partial charge < -0.3 is 10.0 Å². The van der Waals surface area contributed by atoms with Crippen molar-refractivity contribution in [3.05, 3.63) is 41.0 Å². The van der Waals surface area contributed by atoms with Gasteiger partial charge in [0.15, 0.2) is 0 Å². The van der Waals surface area contributed by atoms with Crippen LogP contribution in [-0.2, 0) is 4.79 Å². The third-order valence-electron chi connectivity index (χ3n) is 3.27. The fourth-order valence-corrected chi connectivity index (χ4v) is 2.25. The van der Waals surface area contributed by atoms with Crippen molar-refractivity contribution < 1.29 is 14.7 Å². The van der Waals surface area contributed by atoms with Crippen LogP contribution in [0.1, 0.15) is 17.4 Å². The van der Waals surface area contributed by atoms with Crippen LogP contribution >= 0.6 is 11.6 Å². The summed E-state index contributed by atoms with van der Waals surface area (Å²) >= 11 is 6.10. The molecule has 1 aromatic heterocycles. The molecule has 0 aliphatic rings. The van der Waals surface area contributed by atoms with E-state index in [0.29, 0.717) is 10.7 Å². The number of H-pyrrole nitrogens is 1. The van der Waals surface area contributed by atoms with E-state index in [-0.39, 0.29) is 18.1 Å². The monoisotopic (exact) mass is 321 g/mol. The summed E-state index contributed by atoms with van der Waals surface area (Å²) in [4.78, 5) is 24.5. The Hall–Kier alpha value is -2.34. The average Bonchev–Trinajstić information content (AvgIpc) is 2.96. The van der Waals surface area contributed by atoms with Crippen molar-refractivity contribution in [1.29, 1.82) is 0 Å². The quantitative estimate of drug-likeness (QED) is 0.886. The van der Waals surface area contributed by atoms with Gasteiger partial charge in [0.1, 0.15) is 5.69 Å². The Morgan fingerprint density at radius 3 is 2.73 bits per heavy atom. The molecule has 0 radical (unpaired) electrons. The standard InChI is InChI=1S/C15H16ClN3O3/c1-9(15(21)22)8-19(2)14(20)13-7-12(17-18-13)10-5-3-4-6-11(10)16/h3-7,9H,8H2,1-2H3,(H,17,18)(H,21,22). The summed E-state index contributed by atoms with van der Waals surface area (Å²) in [6.45, 7) is 1.67. The van der Waals surface area contributed by atoms with Gasteiger partial charge in [0.05, 0.1) is 16.6 Å². The second-order valence-corrected chi connectivity index (χ2v) is 5.48. The number of carbonyl (C=O) groups excluding carboxylic acids is 1. The Labute approximate surface area is 132 Å². The summed E-state index contributed by atoms with van der Waals surface area (Å²) in [6, 6.07) is 8.80. The number of hydrogen-bond donors (Lipinski definition) is 2. The van der Waals surface area contributed by atoms with Crippen LogP contribution in [0.3, 0.4) is 0 Å². The molecule has 0 saturated heterocycles. The van der Waals surface area contributed by atoms with Gasteiger partial charge in [-0.25, -0.2) is 0 Å². The van der Waals surface area contributed by atoms with Crippen LogP contribution in [0, 0.1) is 5.92 Å². The molecule has 0 spiro atoms. The number of halogens is 1. The lowest BCUT2D eigenvalue weighted by Crippen LogP contribution is -2.33. The summed E-state index contributed by atoms with van der Waals surface area (Å²) in [6.07, 6.45) is 0. The third-order valence-corrected chi connectivity index (χ3v) is 3.60. The zero-order valence-electron chi connectivity index (χ0n) is 12.2. The number of carboxylic acid groups (broad SMARTS) is 1. The van der Waals surface area contributed by atoms with Crippen molar-refractivity contribution in [1.82, 2.24) is 15.1 Å². The van der Waals surface area contributed by atoms with E-state index in [0.717, 1.165) is 5.56 Å². The van der Waals surface area contributed by atoms with Crippen LogP contribution in [-0.4, -0.2) is 45.7 Å². The number of amides is 1. The number of aliphatic carboxylic acids is 1. The highest BCUT2D eigenvalue weighted by atomic mass is 35.5. The van der Waals surface area contributed by atoms with E-state index in [9.17, 15) is 9.59 Å². The maximum absolute atomic E-state index is 12.3. The first-order valence-corrected chi connectivity index (χ1v) is 7.06. The number of carbonyl (C=O) groups is 2. The van der Waals surface area contributed by atoms with E-state index in [1.165, 1.54) is 4.90 Å². The van der Waals surface area contributed by atoms with Gasteiger partial charge in [-0.3, -0.25) is 14.7 Å². The summed E-state index contributed by atoms with van der Waals surface area (Å²) in [7, 11) is 1.55. The molecule has 2 N–H and O–H groups in total. The van der Waals surface area contributed by atoms with Crippen molar-refractivity contribution in [2.75, 3.05) is 13.6 Å². The van der Waals surface area contributed by atoms with E-state index < -0.39 is 11.9 Å². The van der Waals surface area contributed by atoms with Crippen LogP contribution < -0.4 is 0 Å². The van der Waals surface area contributed by atoms with Crippen LogP contribution in [0.2, 0.25) is 5.02 Å². The molecule has 22 heavy (non-hydrogen) atoms. The number of rotatable bonds is 5. The van der Waals surface area contributed by atoms with Crippen molar-refractivity contribution >= 4 is 23.5 Å². The lowest BCUT2D eigenvalue weighted by atomic mass is 10.1. The number of nitrogens with one attached hydrogen (secondary N) is 1. The van der Waals surface area contributed by atoms with Crippen molar-refractivity contribution in [3.63, 3.8) is 0 Å². The normalized spacial score (nSPS) is 12.0. The van der Waals surface area contributed by atoms with E-state index in [1.807, 2.05) is 18.2 Å². The molecule has 0 aliphatic heterocycles. The summed E-state index contributed by atoms with van der Waals surface area (Å²) in [5.74, 6) is -1.90. The summed E-state index contributed by atoms with van der Waals surface area (Å²) in [5, 5.41) is 16.2. The predicted molar refractivity (Wildman–Crippen MR) is 82.8 cm³/mol. The number of aromatic nitrogens is 2. The minimum absolute atomic E-state index is 0.120. The molecule has 2 aromatic rings. The smallest absolute Gasteiger partial charge is 0.308 e. The lowest BCUT2D eigenvalue weighted by Gasteiger charge is -2.18. The zero-order chi connectivity index (χ0) is 16.3. The Bertz CT molecular complexity index is 699. The van der Waals surface area contributed by atoms with Crippen LogP contribution in [0.5, 0.6) is 0 Å². The van der Waals surface area contributed by atoms with E-state index >= 15 is 0 Å². The largest absolute Gasteiger partial charge is 0.481 e. The second-order valence-electron chi connectivity index (χ2n) is 5.07. The lowest BCUT2D eigenvalue weighted by molar-refractivity contribution is -0.141. The van der Waals surface area contributed by atoms with Gasteiger partial charge in [0.2, 0.25) is 0 Å². The van der Waals surface area contributed by atoms with Gasteiger partial charge in [-0.1, -0.05) is 36.7 Å². The van der Waals surface area contributed by atoms with Gasteiger partial charge in [-0.05, 0) is 12.1 Å². The molecule has 6 nitrogen and oxygen atoms in total. The van der Waals surface area contributed by atoms with Crippen molar-refractivity contribution in [2.45, 2.75) is 6.92 Å². The van der Waals surface area contributed by atoms with Gasteiger partial charge in [-0.15, -0.1) is 0 Å². The summed E-state index contributed by atoms with van der Waals surface area (Å²) in [5.41, 5.74) is 1.57. The van der Waals surface area contributed by atoms with Gasteiger partial charge in [0, 0.05) is 19.2 Å². The fraction of sp³-hybridized carbons (Fsp3) is 0.267. The van der Waals surface area contributed by atoms with E-state index in [2.05, 4.69) is 10.2 Å². The maximum atomic E-state index is 12.3. The Morgan fingerprint density at radius 2 is 2.09 bits per heavy atom. The number of benzene rings is 1. The SMILES string of the molecule is CC(CN(C)C(=O)c1cc(-c2ccccc2Cl)n[nH]1)C(=O)O. The highest BCUT2D eigenvalue weighted by molar-refractivity contribution is 6.33. The second kappa shape index (κ2) is 6.62. The van der Waals surface area contributed by atoms with Crippen molar-refractivity contribution in [3.8, 4) is 11.3 Å². The Kier molecular flexibility index (Phi) is 4.82.